The molecule has 124 valence electrons. The first kappa shape index (κ1) is 15.9. The van der Waals surface area contributed by atoms with Crippen LogP contribution in [-0.4, -0.2) is 19.6 Å². The van der Waals surface area contributed by atoms with Gasteiger partial charge in [0.2, 0.25) is 6.23 Å². The Labute approximate surface area is 140 Å². The molecule has 0 saturated heterocycles. The number of ether oxygens (including phenoxy) is 3. The van der Waals surface area contributed by atoms with Crippen LogP contribution in [0.3, 0.4) is 0 Å². The Morgan fingerprint density at radius 1 is 1.25 bits per heavy atom. The van der Waals surface area contributed by atoms with E-state index in [0.29, 0.717) is 35.0 Å². The number of nitrogens with one attached hydrogen (secondary N) is 1. The number of hydrogen-bond acceptors (Lipinski definition) is 4. The molecule has 2 aromatic rings. The maximum atomic E-state index is 12.3. The van der Waals surface area contributed by atoms with E-state index in [1.165, 1.54) is 0 Å². The van der Waals surface area contributed by atoms with Crippen molar-refractivity contribution in [3.05, 3.63) is 65.7 Å². The van der Waals surface area contributed by atoms with Crippen molar-refractivity contribution in [3.63, 3.8) is 0 Å². The maximum absolute atomic E-state index is 12.3. The Balaban J connectivity index is 1.97. The molecule has 1 amide bonds. The lowest BCUT2D eigenvalue weighted by Crippen LogP contribution is -2.37. The van der Waals surface area contributed by atoms with E-state index in [4.69, 9.17) is 14.2 Å². The topological polar surface area (TPSA) is 56.8 Å². The monoisotopic (exact) mass is 325 g/mol. The molecule has 1 heterocycles. The lowest BCUT2D eigenvalue weighted by Gasteiger charge is -2.28. The second kappa shape index (κ2) is 6.66. The Morgan fingerprint density at radius 3 is 2.79 bits per heavy atom. The van der Waals surface area contributed by atoms with Crippen LogP contribution >= 0.6 is 0 Å². The smallest absolute Gasteiger partial charge is 0.258 e. The van der Waals surface area contributed by atoms with Crippen LogP contribution in [-0.2, 0) is 0 Å². The first-order valence-electron chi connectivity index (χ1n) is 7.60. The minimum atomic E-state index is -0.650. The molecule has 0 saturated carbocycles. The number of hydrogen-bond donors (Lipinski definition) is 1. The number of amides is 1. The van der Waals surface area contributed by atoms with Gasteiger partial charge in [0.1, 0.15) is 12.4 Å². The minimum Gasteiger partial charge on any atom is -0.493 e. The summed E-state index contributed by atoms with van der Waals surface area (Å²) in [6.45, 7) is 6.07. The number of carbonyl (C=O) groups is 1. The number of rotatable bonds is 5. The second-order valence-corrected chi connectivity index (χ2v) is 5.59. The van der Waals surface area contributed by atoms with E-state index in [2.05, 4.69) is 11.9 Å². The molecule has 1 aliphatic rings. The molecule has 0 spiro atoms. The van der Waals surface area contributed by atoms with E-state index < -0.39 is 6.23 Å². The number of benzene rings is 2. The quantitative estimate of drug-likeness (QED) is 0.855. The largest absolute Gasteiger partial charge is 0.493 e. The number of para-hydroxylation sites is 2. The third-order valence-corrected chi connectivity index (χ3v) is 3.61. The van der Waals surface area contributed by atoms with Crippen molar-refractivity contribution in [3.8, 4) is 17.2 Å². The van der Waals surface area contributed by atoms with Crippen molar-refractivity contribution in [1.82, 2.24) is 5.32 Å². The van der Waals surface area contributed by atoms with Crippen LogP contribution in [0.5, 0.6) is 17.2 Å². The van der Waals surface area contributed by atoms with Gasteiger partial charge in [-0.25, -0.2) is 0 Å². The molecular weight excluding hydrogens is 306 g/mol. The fourth-order valence-electron chi connectivity index (χ4n) is 2.50. The molecule has 0 aromatic heterocycles. The van der Waals surface area contributed by atoms with Crippen LogP contribution in [0.25, 0.3) is 0 Å². The predicted octanol–water partition coefficient (Wildman–Crippen LogP) is 3.47. The van der Waals surface area contributed by atoms with Gasteiger partial charge >= 0.3 is 0 Å². The molecule has 24 heavy (non-hydrogen) atoms. The molecule has 1 atom stereocenters. The van der Waals surface area contributed by atoms with Gasteiger partial charge in [-0.05, 0) is 36.8 Å². The van der Waals surface area contributed by atoms with Crippen molar-refractivity contribution in [2.24, 2.45) is 0 Å². The fraction of sp³-hybridized carbons (Fsp3) is 0.211. The van der Waals surface area contributed by atoms with Gasteiger partial charge in [0.05, 0.1) is 18.2 Å². The summed E-state index contributed by atoms with van der Waals surface area (Å²) >= 11 is 0. The average Bonchev–Trinajstić information content (AvgIpc) is 2.59. The van der Waals surface area contributed by atoms with Gasteiger partial charge in [0, 0.05) is 0 Å². The molecule has 1 unspecified atom stereocenters. The molecule has 1 N–H and O–H groups in total. The first-order valence-corrected chi connectivity index (χ1v) is 7.60. The molecule has 3 rings (SSSR count). The van der Waals surface area contributed by atoms with Gasteiger partial charge in [-0.15, -0.1) is 0 Å². The Bertz CT molecular complexity index is 785. The lowest BCUT2D eigenvalue weighted by atomic mass is 10.1. The van der Waals surface area contributed by atoms with Gasteiger partial charge in [-0.3, -0.25) is 4.79 Å². The SMILES string of the molecule is C=C(C)COc1c(OC)cccc1C1NC(=O)c2ccccc2O1. The van der Waals surface area contributed by atoms with Crippen molar-refractivity contribution in [2.75, 3.05) is 13.7 Å². The summed E-state index contributed by atoms with van der Waals surface area (Å²) in [5, 5.41) is 2.85. The highest BCUT2D eigenvalue weighted by molar-refractivity contribution is 5.98. The van der Waals surface area contributed by atoms with Crippen LogP contribution in [0.2, 0.25) is 0 Å². The molecule has 0 radical (unpaired) electrons. The van der Waals surface area contributed by atoms with Gasteiger partial charge < -0.3 is 19.5 Å². The number of carbonyl (C=O) groups excluding carboxylic acids is 1. The van der Waals surface area contributed by atoms with Crippen LogP contribution in [0.4, 0.5) is 0 Å². The zero-order valence-corrected chi connectivity index (χ0v) is 13.7. The van der Waals surface area contributed by atoms with Crippen molar-refractivity contribution in [2.45, 2.75) is 13.2 Å². The summed E-state index contributed by atoms with van der Waals surface area (Å²) in [4.78, 5) is 12.3. The van der Waals surface area contributed by atoms with Crippen LogP contribution in [0, 0.1) is 0 Å². The highest BCUT2D eigenvalue weighted by Gasteiger charge is 2.29. The van der Waals surface area contributed by atoms with Crippen molar-refractivity contribution >= 4 is 5.91 Å². The zero-order chi connectivity index (χ0) is 17.1. The third-order valence-electron chi connectivity index (χ3n) is 3.61. The molecule has 0 bridgehead atoms. The normalized spacial score (nSPS) is 15.8. The Morgan fingerprint density at radius 2 is 2.04 bits per heavy atom. The van der Waals surface area contributed by atoms with E-state index in [1.54, 1.807) is 31.4 Å². The molecular formula is C19H19NO4. The molecule has 0 fully saturated rings. The molecule has 1 aliphatic heterocycles. The Kier molecular flexibility index (Phi) is 4.42. The highest BCUT2D eigenvalue weighted by atomic mass is 16.5. The number of fused-ring (bicyclic) bond motifs is 1. The minimum absolute atomic E-state index is 0.185. The van der Waals surface area contributed by atoms with Crippen LogP contribution < -0.4 is 19.5 Å². The standard InChI is InChI=1S/C19H19NO4/c1-12(2)11-23-17-14(8-6-10-16(17)22-3)19-20-18(21)13-7-4-5-9-15(13)24-19/h4-10,19H,1,11H2,2-3H3,(H,20,21). The van der Waals surface area contributed by atoms with Crippen LogP contribution in [0.15, 0.2) is 54.6 Å². The molecule has 5 nitrogen and oxygen atoms in total. The third kappa shape index (κ3) is 3.06. The Hall–Kier alpha value is -2.95. The first-order chi connectivity index (χ1) is 11.6. The summed E-state index contributed by atoms with van der Waals surface area (Å²) in [6, 6.07) is 12.6. The second-order valence-electron chi connectivity index (χ2n) is 5.59. The summed E-state index contributed by atoms with van der Waals surface area (Å²) in [5.41, 5.74) is 2.09. The number of methoxy groups -OCH3 is 1. The van der Waals surface area contributed by atoms with Crippen LogP contribution in [0.1, 0.15) is 29.1 Å². The summed E-state index contributed by atoms with van der Waals surface area (Å²) in [6.07, 6.45) is -0.650. The van der Waals surface area contributed by atoms with E-state index >= 15 is 0 Å². The highest BCUT2D eigenvalue weighted by Crippen LogP contribution is 2.38. The summed E-state index contributed by atoms with van der Waals surface area (Å²) in [7, 11) is 1.57. The molecule has 5 heteroatoms. The van der Waals surface area contributed by atoms with Gasteiger partial charge in [-0.1, -0.05) is 24.8 Å². The van der Waals surface area contributed by atoms with Crippen molar-refractivity contribution < 1.29 is 19.0 Å². The summed E-state index contributed by atoms with van der Waals surface area (Å²) in [5.74, 6) is 1.47. The zero-order valence-electron chi connectivity index (χ0n) is 13.7. The van der Waals surface area contributed by atoms with E-state index in [9.17, 15) is 4.79 Å². The van der Waals surface area contributed by atoms with Crippen molar-refractivity contribution in [1.29, 1.82) is 0 Å². The van der Waals surface area contributed by atoms with E-state index in [0.717, 1.165) is 5.57 Å². The molecule has 0 aliphatic carbocycles. The average molecular weight is 325 g/mol. The van der Waals surface area contributed by atoms with E-state index in [1.807, 2.05) is 25.1 Å². The molecule has 2 aromatic carbocycles. The van der Waals surface area contributed by atoms with Gasteiger partial charge in [0.15, 0.2) is 11.5 Å². The van der Waals surface area contributed by atoms with Gasteiger partial charge in [-0.2, -0.15) is 0 Å². The lowest BCUT2D eigenvalue weighted by molar-refractivity contribution is 0.0749. The fourth-order valence-corrected chi connectivity index (χ4v) is 2.50. The summed E-state index contributed by atoms with van der Waals surface area (Å²) < 4.78 is 17.2. The van der Waals surface area contributed by atoms with E-state index in [-0.39, 0.29) is 5.91 Å². The van der Waals surface area contributed by atoms with Gasteiger partial charge in [0.25, 0.3) is 5.91 Å². The maximum Gasteiger partial charge on any atom is 0.258 e. The predicted molar refractivity (Wildman–Crippen MR) is 90.6 cm³/mol.